The molecule has 3 aromatic rings. The maximum atomic E-state index is 11.5. The van der Waals surface area contributed by atoms with Crippen molar-refractivity contribution in [1.29, 1.82) is 0 Å². The number of amides is 2. The molecule has 1 aromatic heterocycles. The van der Waals surface area contributed by atoms with Crippen molar-refractivity contribution in [2.45, 2.75) is 26.7 Å². The summed E-state index contributed by atoms with van der Waals surface area (Å²) in [5.74, 6) is 0.698. The molecule has 0 aliphatic rings. The van der Waals surface area contributed by atoms with Gasteiger partial charge in [-0.2, -0.15) is 0 Å². The zero-order valence-electron chi connectivity index (χ0n) is 14.2. The van der Waals surface area contributed by atoms with E-state index in [0.29, 0.717) is 12.8 Å². The lowest BCUT2D eigenvalue weighted by atomic mass is 10.2. The van der Waals surface area contributed by atoms with E-state index in [2.05, 4.69) is 20.6 Å². The van der Waals surface area contributed by atoms with Crippen LogP contribution in [0.1, 0.15) is 26.7 Å². The Morgan fingerprint density at radius 3 is 2.16 bits per heavy atom. The number of hydrogen-bond donors (Lipinski definition) is 3. The highest BCUT2D eigenvalue weighted by Crippen LogP contribution is 2.24. The van der Waals surface area contributed by atoms with Gasteiger partial charge in [0.05, 0.1) is 11.0 Å². The Hall–Kier alpha value is -3.15. The van der Waals surface area contributed by atoms with E-state index in [1.807, 2.05) is 56.3 Å². The SMILES string of the molecule is CCC(=O)Nc1ccc(-c2nc3ccc(NC(=O)CC)cc3[nH]2)cc1. The first kappa shape index (κ1) is 16.7. The van der Waals surface area contributed by atoms with E-state index in [4.69, 9.17) is 0 Å². The minimum Gasteiger partial charge on any atom is -0.338 e. The van der Waals surface area contributed by atoms with Gasteiger partial charge in [0.25, 0.3) is 0 Å². The summed E-state index contributed by atoms with van der Waals surface area (Å²) in [7, 11) is 0. The van der Waals surface area contributed by atoms with Crippen molar-refractivity contribution in [2.75, 3.05) is 10.6 Å². The highest BCUT2D eigenvalue weighted by atomic mass is 16.2. The minimum atomic E-state index is -0.0243. The lowest BCUT2D eigenvalue weighted by Gasteiger charge is -2.04. The van der Waals surface area contributed by atoms with Crippen molar-refractivity contribution in [3.8, 4) is 11.4 Å². The fourth-order valence-electron chi connectivity index (χ4n) is 2.43. The van der Waals surface area contributed by atoms with E-state index in [-0.39, 0.29) is 11.8 Å². The van der Waals surface area contributed by atoms with Crippen LogP contribution in [0.15, 0.2) is 42.5 Å². The third kappa shape index (κ3) is 3.85. The van der Waals surface area contributed by atoms with Crippen LogP contribution >= 0.6 is 0 Å². The van der Waals surface area contributed by atoms with Crippen LogP contribution in [0.2, 0.25) is 0 Å². The summed E-state index contributed by atoms with van der Waals surface area (Å²) in [6.07, 6.45) is 0.884. The van der Waals surface area contributed by atoms with Crippen molar-refractivity contribution >= 4 is 34.2 Å². The number of aromatic nitrogens is 2. The van der Waals surface area contributed by atoms with Crippen LogP contribution in [0, 0.1) is 0 Å². The van der Waals surface area contributed by atoms with Crippen LogP contribution in [0.4, 0.5) is 11.4 Å². The molecule has 0 spiro atoms. The van der Waals surface area contributed by atoms with Gasteiger partial charge in [-0.05, 0) is 42.5 Å². The maximum absolute atomic E-state index is 11.5. The van der Waals surface area contributed by atoms with Crippen LogP contribution in [0.25, 0.3) is 22.4 Å². The molecule has 0 aliphatic carbocycles. The van der Waals surface area contributed by atoms with E-state index in [1.165, 1.54) is 0 Å². The number of H-pyrrole nitrogens is 1. The van der Waals surface area contributed by atoms with E-state index < -0.39 is 0 Å². The number of nitrogens with one attached hydrogen (secondary N) is 3. The maximum Gasteiger partial charge on any atom is 0.224 e. The van der Waals surface area contributed by atoms with E-state index in [1.54, 1.807) is 0 Å². The van der Waals surface area contributed by atoms with Gasteiger partial charge in [0.1, 0.15) is 5.82 Å². The Labute approximate surface area is 145 Å². The van der Waals surface area contributed by atoms with Gasteiger partial charge in [-0.1, -0.05) is 13.8 Å². The van der Waals surface area contributed by atoms with Gasteiger partial charge in [0.2, 0.25) is 11.8 Å². The van der Waals surface area contributed by atoms with Crippen LogP contribution < -0.4 is 10.6 Å². The summed E-state index contributed by atoms with van der Waals surface area (Å²) in [5, 5.41) is 5.66. The van der Waals surface area contributed by atoms with Crippen molar-refractivity contribution in [1.82, 2.24) is 9.97 Å². The number of fused-ring (bicyclic) bond motifs is 1. The first-order valence-electron chi connectivity index (χ1n) is 8.29. The summed E-state index contributed by atoms with van der Waals surface area (Å²) in [5.41, 5.74) is 4.11. The molecular formula is C19H20N4O2. The first-order valence-corrected chi connectivity index (χ1v) is 8.29. The molecule has 0 bridgehead atoms. The molecule has 2 aromatic carbocycles. The molecule has 0 fully saturated rings. The van der Waals surface area contributed by atoms with E-state index in [9.17, 15) is 9.59 Å². The fraction of sp³-hybridized carbons (Fsp3) is 0.211. The summed E-state index contributed by atoms with van der Waals surface area (Å²) < 4.78 is 0. The Morgan fingerprint density at radius 1 is 0.920 bits per heavy atom. The molecule has 1 heterocycles. The Morgan fingerprint density at radius 2 is 1.52 bits per heavy atom. The number of benzene rings is 2. The van der Waals surface area contributed by atoms with Crippen LogP contribution in [0.5, 0.6) is 0 Å². The van der Waals surface area contributed by atoms with Gasteiger partial charge in [-0.3, -0.25) is 9.59 Å². The second kappa shape index (κ2) is 7.17. The number of aromatic amines is 1. The molecule has 0 radical (unpaired) electrons. The summed E-state index contributed by atoms with van der Waals surface area (Å²) in [6.45, 7) is 3.63. The number of carbonyl (C=O) groups is 2. The number of imidazole rings is 1. The first-order chi connectivity index (χ1) is 12.1. The molecule has 0 atom stereocenters. The molecule has 128 valence electrons. The van der Waals surface area contributed by atoms with Gasteiger partial charge >= 0.3 is 0 Å². The summed E-state index contributed by atoms with van der Waals surface area (Å²) >= 11 is 0. The molecule has 0 saturated heterocycles. The Balaban J connectivity index is 1.83. The average molecular weight is 336 g/mol. The smallest absolute Gasteiger partial charge is 0.224 e. The average Bonchev–Trinajstić information content (AvgIpc) is 3.05. The predicted octanol–water partition coefficient (Wildman–Crippen LogP) is 3.93. The summed E-state index contributed by atoms with van der Waals surface area (Å²) in [6, 6.07) is 13.1. The Kier molecular flexibility index (Phi) is 4.79. The molecular weight excluding hydrogens is 316 g/mol. The van der Waals surface area contributed by atoms with Crippen molar-refractivity contribution in [2.24, 2.45) is 0 Å². The Bertz CT molecular complexity index is 913. The second-order valence-electron chi connectivity index (χ2n) is 5.70. The van der Waals surface area contributed by atoms with Crippen molar-refractivity contribution < 1.29 is 9.59 Å². The molecule has 6 nitrogen and oxygen atoms in total. The molecule has 25 heavy (non-hydrogen) atoms. The molecule has 0 unspecified atom stereocenters. The topological polar surface area (TPSA) is 86.9 Å². The molecule has 0 saturated carbocycles. The zero-order chi connectivity index (χ0) is 17.8. The normalized spacial score (nSPS) is 10.6. The van der Waals surface area contributed by atoms with E-state index >= 15 is 0 Å². The quantitative estimate of drug-likeness (QED) is 0.660. The van der Waals surface area contributed by atoms with Gasteiger partial charge in [0, 0.05) is 29.8 Å². The lowest BCUT2D eigenvalue weighted by molar-refractivity contribution is -0.116. The molecule has 3 N–H and O–H groups in total. The number of anilines is 2. The van der Waals surface area contributed by atoms with Crippen LogP contribution in [-0.4, -0.2) is 21.8 Å². The second-order valence-corrected chi connectivity index (χ2v) is 5.70. The highest BCUT2D eigenvalue weighted by molar-refractivity contribution is 5.93. The van der Waals surface area contributed by atoms with Gasteiger partial charge in [-0.15, -0.1) is 0 Å². The van der Waals surface area contributed by atoms with Gasteiger partial charge < -0.3 is 15.6 Å². The predicted molar refractivity (Wildman–Crippen MR) is 99.4 cm³/mol. The number of rotatable bonds is 5. The largest absolute Gasteiger partial charge is 0.338 e. The van der Waals surface area contributed by atoms with Crippen LogP contribution in [0.3, 0.4) is 0 Å². The van der Waals surface area contributed by atoms with Gasteiger partial charge in [0.15, 0.2) is 0 Å². The number of carbonyl (C=O) groups excluding carboxylic acids is 2. The molecule has 3 rings (SSSR count). The highest BCUT2D eigenvalue weighted by Gasteiger charge is 2.08. The van der Waals surface area contributed by atoms with Crippen molar-refractivity contribution in [3.05, 3.63) is 42.5 Å². The molecule has 6 heteroatoms. The third-order valence-corrected chi connectivity index (χ3v) is 3.85. The number of hydrogen-bond acceptors (Lipinski definition) is 3. The van der Waals surface area contributed by atoms with E-state index in [0.717, 1.165) is 33.8 Å². The fourth-order valence-corrected chi connectivity index (χ4v) is 2.43. The minimum absolute atomic E-state index is 0.0156. The standard InChI is InChI=1S/C19H20N4O2/c1-3-17(24)20-13-7-5-12(6-8-13)19-22-15-10-9-14(11-16(15)23-19)21-18(25)4-2/h5-11H,3-4H2,1-2H3,(H,20,24)(H,21,25)(H,22,23). The number of nitrogens with zero attached hydrogens (tertiary/aromatic N) is 1. The lowest BCUT2D eigenvalue weighted by Crippen LogP contribution is -2.09. The summed E-state index contributed by atoms with van der Waals surface area (Å²) in [4.78, 5) is 30.8. The molecule has 0 aliphatic heterocycles. The van der Waals surface area contributed by atoms with Crippen LogP contribution in [-0.2, 0) is 9.59 Å². The third-order valence-electron chi connectivity index (χ3n) is 3.85. The molecule has 2 amide bonds. The van der Waals surface area contributed by atoms with Crippen molar-refractivity contribution in [3.63, 3.8) is 0 Å². The van der Waals surface area contributed by atoms with Gasteiger partial charge in [-0.25, -0.2) is 4.98 Å². The monoisotopic (exact) mass is 336 g/mol. The zero-order valence-corrected chi connectivity index (χ0v) is 14.2.